The Hall–Kier alpha value is -1.16. The fourth-order valence-electron chi connectivity index (χ4n) is 1.71. The summed E-state index contributed by atoms with van der Waals surface area (Å²) in [5.41, 5.74) is 6.50. The first-order chi connectivity index (χ1) is 9.79. The van der Waals surface area contributed by atoms with E-state index in [-0.39, 0.29) is 5.91 Å². The fraction of sp³-hybridized carbons (Fsp3) is 0.429. The van der Waals surface area contributed by atoms with Crippen molar-refractivity contribution in [2.24, 2.45) is 5.73 Å². The highest BCUT2D eigenvalue weighted by atomic mass is 32.2. The molecule has 0 aromatic carbocycles. The first-order valence-electron chi connectivity index (χ1n) is 6.42. The summed E-state index contributed by atoms with van der Waals surface area (Å²) in [5.74, 6) is 8.99. The third-order valence-electron chi connectivity index (χ3n) is 2.71. The molecule has 1 aromatic heterocycles. The number of aromatic nitrogens is 1. The molecule has 1 aliphatic rings. The Balaban J connectivity index is 1.85. The predicted molar refractivity (Wildman–Crippen MR) is 86.1 cm³/mol. The molecule has 1 amide bonds. The number of hydrogen-bond donors (Lipinski definition) is 2. The molecule has 2 rings (SSSR count). The SMILES string of the molecule is NCC#Cc1ccc(C(=O)NCC2CSCCS2)nc1. The van der Waals surface area contributed by atoms with E-state index in [1.807, 2.05) is 23.5 Å². The third kappa shape index (κ3) is 4.75. The van der Waals surface area contributed by atoms with Crippen LogP contribution in [0.2, 0.25) is 0 Å². The zero-order valence-corrected chi connectivity index (χ0v) is 12.7. The largest absolute Gasteiger partial charge is 0.350 e. The highest BCUT2D eigenvalue weighted by molar-refractivity contribution is 8.06. The smallest absolute Gasteiger partial charge is 0.269 e. The topological polar surface area (TPSA) is 68.0 Å². The fourth-order valence-corrected chi connectivity index (χ4v) is 4.32. The molecule has 1 unspecified atom stereocenters. The van der Waals surface area contributed by atoms with E-state index in [0.29, 0.717) is 24.0 Å². The quantitative estimate of drug-likeness (QED) is 0.815. The average molecular weight is 307 g/mol. The van der Waals surface area contributed by atoms with Gasteiger partial charge in [-0.2, -0.15) is 23.5 Å². The van der Waals surface area contributed by atoms with Gasteiger partial charge in [-0.25, -0.2) is 4.98 Å². The summed E-state index contributed by atoms with van der Waals surface area (Å²) in [5, 5.41) is 3.45. The minimum absolute atomic E-state index is 0.125. The molecular weight excluding hydrogens is 290 g/mol. The van der Waals surface area contributed by atoms with Gasteiger partial charge in [0.05, 0.1) is 6.54 Å². The van der Waals surface area contributed by atoms with Crippen molar-refractivity contribution < 1.29 is 4.79 Å². The lowest BCUT2D eigenvalue weighted by atomic mass is 10.2. The minimum Gasteiger partial charge on any atom is -0.350 e. The van der Waals surface area contributed by atoms with E-state index < -0.39 is 0 Å². The highest BCUT2D eigenvalue weighted by Gasteiger charge is 2.15. The van der Waals surface area contributed by atoms with Crippen molar-refractivity contribution in [3.05, 3.63) is 29.6 Å². The molecule has 0 bridgehead atoms. The zero-order valence-electron chi connectivity index (χ0n) is 11.1. The van der Waals surface area contributed by atoms with Gasteiger partial charge in [0.1, 0.15) is 5.69 Å². The predicted octanol–water partition coefficient (Wildman–Crippen LogP) is 0.970. The van der Waals surface area contributed by atoms with Crippen LogP contribution in [0.15, 0.2) is 18.3 Å². The van der Waals surface area contributed by atoms with Gasteiger partial charge >= 0.3 is 0 Å². The third-order valence-corrected chi connectivity index (χ3v) is 5.55. The molecular formula is C14H17N3OS2. The molecule has 20 heavy (non-hydrogen) atoms. The summed E-state index contributed by atoms with van der Waals surface area (Å²) in [7, 11) is 0. The van der Waals surface area contributed by atoms with Crippen LogP contribution in [-0.4, -0.2) is 46.5 Å². The standard InChI is InChI=1S/C14H17N3OS2/c15-5-1-2-11-3-4-13(16-8-11)14(18)17-9-12-10-19-6-7-20-12/h3-4,8,12H,5-7,9-10,15H2,(H,17,18). The van der Waals surface area contributed by atoms with Crippen molar-refractivity contribution in [2.45, 2.75) is 5.25 Å². The maximum atomic E-state index is 12.0. The summed E-state index contributed by atoms with van der Waals surface area (Å²) in [6.07, 6.45) is 1.60. The molecule has 0 spiro atoms. The number of nitrogens with zero attached hydrogens (tertiary/aromatic N) is 1. The van der Waals surface area contributed by atoms with E-state index in [4.69, 9.17) is 5.73 Å². The van der Waals surface area contributed by atoms with Gasteiger partial charge in [-0.05, 0) is 12.1 Å². The van der Waals surface area contributed by atoms with Crippen molar-refractivity contribution >= 4 is 29.4 Å². The normalized spacial score (nSPS) is 17.9. The van der Waals surface area contributed by atoms with Gasteiger partial charge in [0.15, 0.2) is 0 Å². The molecule has 1 atom stereocenters. The van der Waals surface area contributed by atoms with E-state index >= 15 is 0 Å². The van der Waals surface area contributed by atoms with Crippen LogP contribution in [0.3, 0.4) is 0 Å². The molecule has 0 aliphatic carbocycles. The Morgan fingerprint density at radius 2 is 2.40 bits per heavy atom. The molecule has 1 aliphatic heterocycles. The number of nitrogens with one attached hydrogen (secondary N) is 1. The number of carbonyl (C=O) groups excluding carboxylic acids is 1. The Morgan fingerprint density at radius 1 is 1.50 bits per heavy atom. The monoisotopic (exact) mass is 307 g/mol. The molecule has 0 saturated carbocycles. The summed E-state index contributed by atoms with van der Waals surface area (Å²) < 4.78 is 0. The maximum absolute atomic E-state index is 12.0. The first-order valence-corrected chi connectivity index (χ1v) is 8.62. The molecule has 3 N–H and O–H groups in total. The molecule has 1 saturated heterocycles. The number of amides is 1. The maximum Gasteiger partial charge on any atom is 0.269 e. The molecule has 106 valence electrons. The van der Waals surface area contributed by atoms with Crippen molar-refractivity contribution in [1.29, 1.82) is 0 Å². The number of rotatable bonds is 3. The molecule has 0 radical (unpaired) electrons. The lowest BCUT2D eigenvalue weighted by molar-refractivity contribution is 0.0949. The summed E-state index contributed by atoms with van der Waals surface area (Å²) in [6.45, 7) is 1.02. The highest BCUT2D eigenvalue weighted by Crippen LogP contribution is 2.23. The number of thioether (sulfide) groups is 2. The van der Waals surface area contributed by atoms with Gasteiger partial charge in [-0.3, -0.25) is 4.79 Å². The van der Waals surface area contributed by atoms with Crippen LogP contribution < -0.4 is 11.1 Å². The second-order valence-corrected chi connectivity index (χ2v) is 6.77. The van der Waals surface area contributed by atoms with E-state index in [0.717, 1.165) is 17.1 Å². The molecule has 2 heterocycles. The van der Waals surface area contributed by atoms with E-state index in [9.17, 15) is 4.79 Å². The number of nitrogens with two attached hydrogens (primary N) is 1. The van der Waals surface area contributed by atoms with Gasteiger partial charge in [0.25, 0.3) is 5.91 Å². The summed E-state index contributed by atoms with van der Waals surface area (Å²) >= 11 is 3.87. The van der Waals surface area contributed by atoms with Crippen LogP contribution >= 0.6 is 23.5 Å². The summed E-state index contributed by atoms with van der Waals surface area (Å²) in [4.78, 5) is 16.1. The van der Waals surface area contributed by atoms with Gasteiger partial charge in [0.2, 0.25) is 0 Å². The van der Waals surface area contributed by atoms with Crippen molar-refractivity contribution in [3.8, 4) is 11.8 Å². The van der Waals surface area contributed by atoms with Crippen LogP contribution in [0.4, 0.5) is 0 Å². The number of pyridine rings is 1. The first kappa shape index (κ1) is 15.2. The summed E-state index contributed by atoms with van der Waals surface area (Å²) in [6, 6.07) is 3.48. The second kappa shape index (κ2) is 8.20. The Labute approximate surface area is 127 Å². The van der Waals surface area contributed by atoms with E-state index in [1.165, 1.54) is 5.75 Å². The van der Waals surface area contributed by atoms with Crippen molar-refractivity contribution in [1.82, 2.24) is 10.3 Å². The van der Waals surface area contributed by atoms with Gasteiger partial charge in [-0.15, -0.1) is 0 Å². The van der Waals surface area contributed by atoms with Crippen LogP contribution in [0.5, 0.6) is 0 Å². The Morgan fingerprint density at radius 3 is 3.05 bits per heavy atom. The van der Waals surface area contributed by atoms with Crippen molar-refractivity contribution in [3.63, 3.8) is 0 Å². The van der Waals surface area contributed by atoms with E-state index in [2.05, 4.69) is 22.1 Å². The second-order valence-electron chi connectivity index (χ2n) is 4.22. The van der Waals surface area contributed by atoms with Crippen LogP contribution in [0.25, 0.3) is 0 Å². The Kier molecular flexibility index (Phi) is 6.25. The molecule has 4 nitrogen and oxygen atoms in total. The van der Waals surface area contributed by atoms with Gasteiger partial charge in [-0.1, -0.05) is 11.8 Å². The zero-order chi connectivity index (χ0) is 14.2. The van der Waals surface area contributed by atoms with E-state index in [1.54, 1.807) is 18.3 Å². The molecule has 1 fully saturated rings. The number of hydrogen-bond acceptors (Lipinski definition) is 5. The average Bonchev–Trinajstić information content (AvgIpc) is 2.52. The van der Waals surface area contributed by atoms with Crippen molar-refractivity contribution in [2.75, 3.05) is 30.3 Å². The van der Waals surface area contributed by atoms with Crippen LogP contribution in [0.1, 0.15) is 16.1 Å². The number of carbonyl (C=O) groups is 1. The van der Waals surface area contributed by atoms with Gasteiger partial charge < -0.3 is 11.1 Å². The lowest BCUT2D eigenvalue weighted by Gasteiger charge is -2.20. The molecule has 6 heteroatoms. The molecule has 1 aromatic rings. The minimum atomic E-state index is -0.125. The Bertz CT molecular complexity index is 501. The van der Waals surface area contributed by atoms with Crippen LogP contribution in [-0.2, 0) is 0 Å². The van der Waals surface area contributed by atoms with Gasteiger partial charge in [0, 0.05) is 40.8 Å². The lowest BCUT2D eigenvalue weighted by Crippen LogP contribution is -2.33. The van der Waals surface area contributed by atoms with Crippen LogP contribution in [0, 0.1) is 11.8 Å².